The Kier molecular flexibility index (Phi) is 6.30. The van der Waals surface area contributed by atoms with Crippen molar-refractivity contribution in [1.29, 1.82) is 0 Å². The summed E-state index contributed by atoms with van der Waals surface area (Å²) in [7, 11) is -3.84. The Morgan fingerprint density at radius 3 is 2.23 bits per heavy atom. The van der Waals surface area contributed by atoms with Crippen molar-refractivity contribution in [2.24, 2.45) is 11.8 Å². The van der Waals surface area contributed by atoms with Gasteiger partial charge in [0.1, 0.15) is 0 Å². The van der Waals surface area contributed by atoms with Gasteiger partial charge in [0.05, 0.1) is 12.2 Å². The van der Waals surface area contributed by atoms with E-state index in [0.29, 0.717) is 13.0 Å². The van der Waals surface area contributed by atoms with Crippen LogP contribution in [0.15, 0.2) is 72.3 Å². The first kappa shape index (κ1) is 21.8. The van der Waals surface area contributed by atoms with Crippen LogP contribution in [0.4, 0.5) is 0 Å². The molecule has 5 nitrogen and oxygen atoms in total. The molecular weight excluding hydrogens is 410 g/mol. The number of carbonyl (C=O) groups excluding carboxylic acids is 1. The molecule has 2 bridgehead atoms. The first-order valence-electron chi connectivity index (χ1n) is 10.8. The van der Waals surface area contributed by atoms with Gasteiger partial charge in [-0.25, -0.2) is 0 Å². The summed E-state index contributed by atoms with van der Waals surface area (Å²) in [5.74, 6) is -0.929. The maximum Gasteiger partial charge on any atom is 0.327 e. The van der Waals surface area contributed by atoms with Gasteiger partial charge < -0.3 is 4.18 Å². The summed E-state index contributed by atoms with van der Waals surface area (Å²) in [6, 6.07) is 20.7. The van der Waals surface area contributed by atoms with Gasteiger partial charge in [0, 0.05) is 18.6 Å². The van der Waals surface area contributed by atoms with Gasteiger partial charge in [0.15, 0.2) is 0 Å². The molecule has 0 N–H and O–H groups in total. The first-order chi connectivity index (χ1) is 14.9. The van der Waals surface area contributed by atoms with E-state index in [1.807, 2.05) is 24.3 Å². The van der Waals surface area contributed by atoms with Crippen molar-refractivity contribution in [2.45, 2.75) is 44.8 Å². The number of hydrogen-bond donors (Lipinski definition) is 0. The van der Waals surface area contributed by atoms with Crippen LogP contribution < -0.4 is 0 Å². The van der Waals surface area contributed by atoms with Crippen molar-refractivity contribution in [2.75, 3.05) is 6.26 Å². The Hall–Kier alpha value is -2.44. The van der Waals surface area contributed by atoms with Gasteiger partial charge in [0.2, 0.25) is 0 Å². The monoisotopic (exact) mass is 439 g/mol. The van der Waals surface area contributed by atoms with E-state index in [9.17, 15) is 13.2 Å². The highest BCUT2D eigenvalue weighted by atomic mass is 32.2. The van der Waals surface area contributed by atoms with Crippen molar-refractivity contribution in [1.82, 2.24) is 4.90 Å². The Balaban J connectivity index is 1.70. The molecule has 2 heterocycles. The van der Waals surface area contributed by atoms with E-state index in [4.69, 9.17) is 4.18 Å². The predicted octanol–water partition coefficient (Wildman–Crippen LogP) is 3.96. The Morgan fingerprint density at radius 2 is 1.65 bits per heavy atom. The highest BCUT2D eigenvalue weighted by Gasteiger charge is 2.50. The minimum absolute atomic E-state index is 0.178. The van der Waals surface area contributed by atoms with Crippen LogP contribution in [0.5, 0.6) is 0 Å². The molecule has 4 unspecified atom stereocenters. The van der Waals surface area contributed by atoms with Crippen LogP contribution in [0.3, 0.4) is 0 Å². The molecule has 164 valence electrons. The SMILES string of the molecule is CCC1=CC2C(C(=O)OS(C)(=O)=O)CC1C(Cc1ccccc1)N2Cc1ccccc1. The normalized spacial score (nSPS) is 25.8. The van der Waals surface area contributed by atoms with Gasteiger partial charge in [-0.15, -0.1) is 0 Å². The standard InChI is InChI=1S/C25H29NO4S/c1-3-20-15-24-22(25(27)30-31(2,28)29)16-21(20)23(14-18-10-6-4-7-11-18)26(24)17-19-12-8-5-9-13-19/h4-13,15,21-24H,3,14,16-17H2,1-2H3. The summed E-state index contributed by atoms with van der Waals surface area (Å²) >= 11 is 0. The molecule has 1 aliphatic carbocycles. The molecule has 31 heavy (non-hydrogen) atoms. The lowest BCUT2D eigenvalue weighted by molar-refractivity contribution is -0.144. The van der Waals surface area contributed by atoms with Crippen molar-refractivity contribution in [3.8, 4) is 0 Å². The highest BCUT2D eigenvalue weighted by Crippen LogP contribution is 2.46. The summed E-state index contributed by atoms with van der Waals surface area (Å²) in [6.45, 7) is 2.85. The molecule has 0 radical (unpaired) electrons. The molecule has 0 saturated carbocycles. The van der Waals surface area contributed by atoms with Crippen LogP contribution in [0.2, 0.25) is 0 Å². The summed E-state index contributed by atoms with van der Waals surface area (Å²) in [5, 5.41) is 0. The number of benzene rings is 2. The summed E-state index contributed by atoms with van der Waals surface area (Å²) < 4.78 is 28.1. The minimum atomic E-state index is -3.84. The van der Waals surface area contributed by atoms with Crippen molar-refractivity contribution in [3.05, 3.63) is 83.4 Å². The number of nitrogens with zero attached hydrogens (tertiary/aromatic N) is 1. The van der Waals surface area contributed by atoms with Crippen LogP contribution in [0, 0.1) is 11.8 Å². The molecule has 1 fully saturated rings. The Morgan fingerprint density at radius 1 is 1.03 bits per heavy atom. The zero-order valence-corrected chi connectivity index (χ0v) is 18.8. The molecule has 0 aromatic heterocycles. The third-order valence-corrected chi connectivity index (χ3v) is 6.96. The van der Waals surface area contributed by atoms with Gasteiger partial charge in [-0.3, -0.25) is 9.69 Å². The van der Waals surface area contributed by atoms with E-state index >= 15 is 0 Å². The minimum Gasteiger partial charge on any atom is -0.345 e. The number of carbonyl (C=O) groups is 1. The third kappa shape index (κ3) is 4.91. The Labute approximate surface area is 184 Å². The first-order valence-corrected chi connectivity index (χ1v) is 12.6. The molecule has 4 atom stereocenters. The van der Waals surface area contributed by atoms with E-state index in [0.717, 1.165) is 19.1 Å². The summed E-state index contributed by atoms with van der Waals surface area (Å²) in [4.78, 5) is 15.2. The van der Waals surface area contributed by atoms with Crippen molar-refractivity contribution < 1.29 is 17.4 Å². The molecule has 2 aromatic rings. The average molecular weight is 440 g/mol. The highest BCUT2D eigenvalue weighted by molar-refractivity contribution is 7.86. The maximum atomic E-state index is 12.8. The quantitative estimate of drug-likeness (QED) is 0.483. The lowest BCUT2D eigenvalue weighted by Gasteiger charge is -2.53. The lowest BCUT2D eigenvalue weighted by Crippen LogP contribution is -2.60. The molecule has 3 aliphatic rings. The van der Waals surface area contributed by atoms with Gasteiger partial charge in [-0.2, -0.15) is 8.42 Å². The molecule has 6 heteroatoms. The molecule has 2 aliphatic heterocycles. The number of fused-ring (bicyclic) bond motifs is 2. The summed E-state index contributed by atoms with van der Waals surface area (Å²) in [5.41, 5.74) is 3.80. The second-order valence-corrected chi connectivity index (χ2v) is 10.1. The van der Waals surface area contributed by atoms with Gasteiger partial charge in [0.25, 0.3) is 0 Å². The van der Waals surface area contributed by atoms with Gasteiger partial charge in [-0.05, 0) is 36.3 Å². The fourth-order valence-electron chi connectivity index (χ4n) is 5.17. The van der Waals surface area contributed by atoms with Gasteiger partial charge >= 0.3 is 16.1 Å². The lowest BCUT2D eigenvalue weighted by atomic mass is 9.67. The van der Waals surface area contributed by atoms with E-state index < -0.39 is 22.0 Å². The average Bonchev–Trinajstić information content (AvgIpc) is 2.75. The Bertz CT molecular complexity index is 1050. The molecule has 0 amide bonds. The van der Waals surface area contributed by atoms with Crippen molar-refractivity contribution in [3.63, 3.8) is 0 Å². The smallest absolute Gasteiger partial charge is 0.327 e. The van der Waals surface area contributed by atoms with Crippen LogP contribution >= 0.6 is 0 Å². The number of hydrogen-bond acceptors (Lipinski definition) is 5. The van der Waals surface area contributed by atoms with Crippen molar-refractivity contribution >= 4 is 16.1 Å². The van der Waals surface area contributed by atoms with E-state index in [1.165, 1.54) is 16.7 Å². The molecule has 1 saturated heterocycles. The van der Waals surface area contributed by atoms with Crippen LogP contribution in [0.1, 0.15) is 30.9 Å². The van der Waals surface area contributed by atoms with E-state index in [-0.39, 0.29) is 18.0 Å². The molecule has 2 aromatic carbocycles. The van der Waals surface area contributed by atoms with Crippen LogP contribution in [-0.4, -0.2) is 37.6 Å². The fraction of sp³-hybridized carbons (Fsp3) is 0.400. The molecular formula is C25H29NO4S. The van der Waals surface area contributed by atoms with Gasteiger partial charge in [-0.1, -0.05) is 79.2 Å². The number of rotatable bonds is 7. The van der Waals surface area contributed by atoms with Crippen LogP contribution in [0.25, 0.3) is 0 Å². The maximum absolute atomic E-state index is 12.8. The molecule has 5 rings (SSSR count). The zero-order valence-electron chi connectivity index (χ0n) is 18.0. The second kappa shape index (κ2) is 8.97. The predicted molar refractivity (Wildman–Crippen MR) is 121 cm³/mol. The van der Waals surface area contributed by atoms with E-state index in [1.54, 1.807) is 0 Å². The molecule has 0 spiro atoms. The van der Waals surface area contributed by atoms with E-state index in [2.05, 4.69) is 54.3 Å². The second-order valence-electron chi connectivity index (χ2n) is 8.56. The van der Waals surface area contributed by atoms with Crippen LogP contribution in [-0.2, 0) is 32.1 Å². The zero-order chi connectivity index (χ0) is 22.0. The topological polar surface area (TPSA) is 63.7 Å². The third-order valence-electron chi connectivity index (χ3n) is 6.49. The fourth-order valence-corrected chi connectivity index (χ4v) is 5.59. The number of piperidine rings is 1. The summed E-state index contributed by atoms with van der Waals surface area (Å²) in [6.07, 6.45) is 5.56. The largest absolute Gasteiger partial charge is 0.345 e.